The van der Waals surface area contributed by atoms with Gasteiger partial charge in [-0.1, -0.05) is 51.1 Å². The molecule has 0 aliphatic heterocycles. The van der Waals surface area contributed by atoms with Gasteiger partial charge in [-0.2, -0.15) is 13.2 Å². The Morgan fingerprint density at radius 3 is 2.30 bits per heavy atom. The lowest BCUT2D eigenvalue weighted by Gasteiger charge is -2.22. The first-order valence-corrected chi connectivity index (χ1v) is 9.22. The number of halogens is 3. The molecule has 0 spiro atoms. The number of aromatic nitrogens is 3. The molecule has 0 bridgehead atoms. The second kappa shape index (κ2) is 6.83. The van der Waals surface area contributed by atoms with Crippen LogP contribution in [0.15, 0.2) is 53.5 Å². The molecule has 30 heavy (non-hydrogen) atoms. The number of aromatic amines is 1. The number of H-pyrrole nitrogens is 1. The molecule has 154 valence electrons. The van der Waals surface area contributed by atoms with Crippen LogP contribution in [0.3, 0.4) is 0 Å². The Hall–Kier alpha value is -3.42. The molecule has 5 nitrogen and oxygen atoms in total. The highest BCUT2D eigenvalue weighted by Crippen LogP contribution is 2.37. The van der Waals surface area contributed by atoms with Crippen LogP contribution in [-0.4, -0.2) is 15.0 Å². The Kier molecular flexibility index (Phi) is 4.52. The molecule has 2 aromatic carbocycles. The molecule has 0 amide bonds. The lowest BCUT2D eigenvalue weighted by Crippen LogP contribution is -2.24. The number of benzene rings is 2. The molecule has 0 unspecified atom stereocenters. The zero-order valence-electron chi connectivity index (χ0n) is 16.5. The molecule has 2 heterocycles. The van der Waals surface area contributed by atoms with Crippen molar-refractivity contribution in [2.24, 2.45) is 0 Å². The summed E-state index contributed by atoms with van der Waals surface area (Å²) in [5.74, 6) is 0.666. The third-order valence-corrected chi connectivity index (χ3v) is 4.74. The fraction of sp³-hybridized carbons (Fsp3) is 0.227. The fourth-order valence-electron chi connectivity index (χ4n) is 3.38. The van der Waals surface area contributed by atoms with Crippen molar-refractivity contribution in [2.75, 3.05) is 0 Å². The Labute approximate surface area is 169 Å². The van der Waals surface area contributed by atoms with Gasteiger partial charge in [0.25, 0.3) is 5.56 Å². The average molecular weight is 413 g/mol. The number of fused-ring (bicyclic) bond motifs is 2. The molecule has 8 heteroatoms. The summed E-state index contributed by atoms with van der Waals surface area (Å²) in [6, 6.07) is 13.0. The van der Waals surface area contributed by atoms with E-state index >= 15 is 0 Å². The molecule has 0 aliphatic carbocycles. The van der Waals surface area contributed by atoms with E-state index in [9.17, 15) is 18.0 Å². The second-order valence-electron chi connectivity index (χ2n) is 7.93. The van der Waals surface area contributed by atoms with E-state index in [1.165, 1.54) is 12.3 Å². The quantitative estimate of drug-likeness (QED) is 0.466. The first-order valence-electron chi connectivity index (χ1n) is 9.22. The first kappa shape index (κ1) is 19.9. The highest BCUT2D eigenvalue weighted by atomic mass is 19.4. The number of alkyl halides is 3. The highest BCUT2D eigenvalue weighted by molar-refractivity contribution is 5.92. The Balaban J connectivity index is 1.87. The predicted octanol–water partition coefficient (Wildman–Crippen LogP) is 5.58. The van der Waals surface area contributed by atoms with Crippen LogP contribution in [0.5, 0.6) is 11.5 Å². The number of rotatable bonds is 2. The van der Waals surface area contributed by atoms with E-state index in [2.05, 4.69) is 35.7 Å². The lowest BCUT2D eigenvalue weighted by molar-refractivity contribution is -0.142. The van der Waals surface area contributed by atoms with Crippen molar-refractivity contribution in [1.29, 1.82) is 0 Å². The van der Waals surface area contributed by atoms with Gasteiger partial charge >= 0.3 is 6.18 Å². The van der Waals surface area contributed by atoms with Crippen molar-refractivity contribution in [3.05, 3.63) is 70.3 Å². The molecule has 0 saturated carbocycles. The summed E-state index contributed by atoms with van der Waals surface area (Å²) in [4.78, 5) is 21.4. The second-order valence-corrected chi connectivity index (χ2v) is 7.93. The van der Waals surface area contributed by atoms with E-state index in [0.29, 0.717) is 5.75 Å². The van der Waals surface area contributed by atoms with Gasteiger partial charge in [-0.05, 0) is 22.4 Å². The first-order chi connectivity index (χ1) is 14.1. The van der Waals surface area contributed by atoms with Crippen LogP contribution >= 0.6 is 0 Å². The van der Waals surface area contributed by atoms with E-state index < -0.39 is 17.4 Å². The monoisotopic (exact) mass is 413 g/mol. The average Bonchev–Trinajstić information content (AvgIpc) is 2.66. The van der Waals surface area contributed by atoms with Crippen molar-refractivity contribution in [1.82, 2.24) is 15.0 Å². The number of nitrogens with zero attached hydrogens (tertiary/aromatic N) is 2. The van der Waals surface area contributed by atoms with Crippen LogP contribution in [-0.2, 0) is 11.6 Å². The molecule has 4 aromatic rings. The Morgan fingerprint density at radius 2 is 1.63 bits per heavy atom. The molecule has 4 rings (SSSR count). The van der Waals surface area contributed by atoms with Crippen molar-refractivity contribution < 1.29 is 17.9 Å². The van der Waals surface area contributed by atoms with Gasteiger partial charge in [0.05, 0.1) is 0 Å². The van der Waals surface area contributed by atoms with Crippen LogP contribution in [0.25, 0.3) is 21.9 Å². The van der Waals surface area contributed by atoms with Crippen LogP contribution in [0.2, 0.25) is 0 Å². The van der Waals surface area contributed by atoms with Crippen molar-refractivity contribution in [3.8, 4) is 11.5 Å². The van der Waals surface area contributed by atoms with E-state index in [1.54, 1.807) is 0 Å². The molecule has 0 atom stereocenters. The number of nitrogens with one attached hydrogen (secondary N) is 1. The molecule has 0 aliphatic rings. The fourth-order valence-corrected chi connectivity index (χ4v) is 3.38. The predicted molar refractivity (Wildman–Crippen MR) is 108 cm³/mol. The standard InChI is InChI=1S/C22H18F3N3O2/c1-21(2,3)14-8-9-15(13-7-5-4-6-12(13)14)30-16-10-11-26-19-17(16)27-20(29)18(28-19)22(23,24)25/h4-11H,1-3H3,(H,27,29). The van der Waals surface area contributed by atoms with Crippen LogP contribution in [0, 0.1) is 0 Å². The van der Waals surface area contributed by atoms with E-state index in [1.807, 2.05) is 36.4 Å². The van der Waals surface area contributed by atoms with Gasteiger partial charge in [-0.15, -0.1) is 0 Å². The molecular weight excluding hydrogens is 395 g/mol. The molecular formula is C22H18F3N3O2. The van der Waals surface area contributed by atoms with Gasteiger partial charge in [0.1, 0.15) is 11.3 Å². The minimum Gasteiger partial charge on any atom is -0.454 e. The van der Waals surface area contributed by atoms with Crippen molar-refractivity contribution >= 4 is 21.9 Å². The smallest absolute Gasteiger partial charge is 0.438 e. The number of pyridine rings is 1. The topological polar surface area (TPSA) is 67.9 Å². The van der Waals surface area contributed by atoms with Gasteiger partial charge in [0.2, 0.25) is 5.69 Å². The van der Waals surface area contributed by atoms with Crippen LogP contribution in [0.4, 0.5) is 13.2 Å². The maximum Gasteiger partial charge on any atom is 0.438 e. The molecule has 0 radical (unpaired) electrons. The molecule has 0 fully saturated rings. The minimum atomic E-state index is -4.88. The SMILES string of the molecule is CC(C)(C)c1ccc(Oc2ccnc3nc(C(F)(F)F)c(=O)[nH]c23)c2ccccc12. The minimum absolute atomic E-state index is 0.000482. The maximum absolute atomic E-state index is 13.0. The van der Waals surface area contributed by atoms with Gasteiger partial charge in [-0.3, -0.25) is 4.79 Å². The summed E-state index contributed by atoms with van der Waals surface area (Å²) in [6.45, 7) is 6.33. The Bertz CT molecular complexity index is 1320. The van der Waals surface area contributed by atoms with Gasteiger partial charge < -0.3 is 9.72 Å². The van der Waals surface area contributed by atoms with Gasteiger partial charge in [0.15, 0.2) is 11.4 Å². The largest absolute Gasteiger partial charge is 0.454 e. The van der Waals surface area contributed by atoms with E-state index in [-0.39, 0.29) is 22.3 Å². The maximum atomic E-state index is 13.0. The summed E-state index contributed by atoms with van der Waals surface area (Å²) >= 11 is 0. The molecule has 0 saturated heterocycles. The van der Waals surface area contributed by atoms with Crippen molar-refractivity contribution in [2.45, 2.75) is 32.4 Å². The lowest BCUT2D eigenvalue weighted by atomic mass is 9.83. The molecule has 1 N–H and O–H groups in total. The molecule has 2 aromatic heterocycles. The van der Waals surface area contributed by atoms with Crippen LogP contribution < -0.4 is 10.3 Å². The van der Waals surface area contributed by atoms with E-state index in [0.717, 1.165) is 16.3 Å². The zero-order valence-corrected chi connectivity index (χ0v) is 16.5. The van der Waals surface area contributed by atoms with Crippen LogP contribution in [0.1, 0.15) is 32.0 Å². The number of hydrogen-bond acceptors (Lipinski definition) is 4. The summed E-state index contributed by atoms with van der Waals surface area (Å²) in [6.07, 6.45) is -3.59. The summed E-state index contributed by atoms with van der Waals surface area (Å²) in [5.41, 5.74) is -2.10. The normalized spacial score (nSPS) is 12.5. The summed E-state index contributed by atoms with van der Waals surface area (Å²) in [5, 5.41) is 1.85. The van der Waals surface area contributed by atoms with E-state index in [4.69, 9.17) is 4.74 Å². The zero-order chi connectivity index (χ0) is 21.7. The van der Waals surface area contributed by atoms with Gasteiger partial charge in [-0.25, -0.2) is 9.97 Å². The third kappa shape index (κ3) is 3.49. The van der Waals surface area contributed by atoms with Crippen molar-refractivity contribution in [3.63, 3.8) is 0 Å². The number of ether oxygens (including phenoxy) is 1. The highest BCUT2D eigenvalue weighted by Gasteiger charge is 2.36. The third-order valence-electron chi connectivity index (χ3n) is 4.74. The summed E-state index contributed by atoms with van der Waals surface area (Å²) < 4.78 is 45.0. The number of hydrogen-bond donors (Lipinski definition) is 1. The van der Waals surface area contributed by atoms with Gasteiger partial charge in [0, 0.05) is 17.6 Å². The summed E-state index contributed by atoms with van der Waals surface area (Å²) in [7, 11) is 0. The Morgan fingerprint density at radius 1 is 0.933 bits per heavy atom.